The zero-order chi connectivity index (χ0) is 13.3. The average molecular weight is 394 g/mol. The van der Waals surface area contributed by atoms with Crippen molar-refractivity contribution in [1.82, 2.24) is 0 Å². The third-order valence-electron chi connectivity index (χ3n) is 2.51. The molecule has 0 aliphatic carbocycles. The van der Waals surface area contributed by atoms with Crippen molar-refractivity contribution in [3.05, 3.63) is 67.3 Å². The molecule has 18 heavy (non-hydrogen) atoms. The zero-order valence-corrected chi connectivity index (χ0v) is 12.9. The average Bonchev–Trinajstić information content (AvgIpc) is 2.34. The van der Waals surface area contributed by atoms with Crippen molar-refractivity contribution < 1.29 is 9.50 Å². The second-order valence-corrected chi connectivity index (χ2v) is 5.91. The van der Waals surface area contributed by atoms with Crippen molar-refractivity contribution in [1.29, 1.82) is 0 Å². The van der Waals surface area contributed by atoms with E-state index in [1.54, 1.807) is 12.1 Å². The number of rotatable bonds is 2. The van der Waals surface area contributed by atoms with Gasteiger partial charge in [0.1, 0.15) is 11.9 Å². The summed E-state index contributed by atoms with van der Waals surface area (Å²) >= 11 is 12.7. The molecule has 2 rings (SSSR count). The predicted octanol–water partition coefficient (Wildman–Crippen LogP) is 5.09. The molecule has 0 aliphatic heterocycles. The van der Waals surface area contributed by atoms with Crippen LogP contribution in [0.25, 0.3) is 0 Å². The number of hydrogen-bond donors (Lipinski definition) is 1. The van der Waals surface area contributed by atoms with E-state index in [1.165, 1.54) is 18.2 Å². The fraction of sp³-hybridized carbons (Fsp3) is 0.0769. The van der Waals surface area contributed by atoms with Gasteiger partial charge in [0.05, 0.1) is 0 Å². The minimum atomic E-state index is -0.986. The van der Waals surface area contributed by atoms with Gasteiger partial charge in [0.2, 0.25) is 0 Å². The number of aliphatic hydroxyl groups excluding tert-OH is 1. The van der Waals surface area contributed by atoms with E-state index in [-0.39, 0.29) is 0 Å². The van der Waals surface area contributed by atoms with E-state index >= 15 is 0 Å². The molecule has 0 radical (unpaired) electrons. The van der Waals surface area contributed by atoms with Gasteiger partial charge in [0.25, 0.3) is 0 Å². The molecule has 2 aromatic rings. The lowest BCUT2D eigenvalue weighted by molar-refractivity contribution is 0.219. The number of hydrogen-bond acceptors (Lipinski definition) is 1. The van der Waals surface area contributed by atoms with Gasteiger partial charge in [-0.3, -0.25) is 0 Å². The summed E-state index contributed by atoms with van der Waals surface area (Å²) in [6, 6.07) is 9.33. The van der Waals surface area contributed by atoms with Crippen LogP contribution in [0.1, 0.15) is 17.2 Å². The maximum atomic E-state index is 13.2. The van der Waals surface area contributed by atoms with Crippen molar-refractivity contribution in [2.24, 2.45) is 0 Å². The van der Waals surface area contributed by atoms with Crippen molar-refractivity contribution >= 4 is 43.5 Å². The predicted molar refractivity (Wildman–Crippen MR) is 77.3 cm³/mol. The summed E-state index contributed by atoms with van der Waals surface area (Å²) in [5.74, 6) is -0.431. The molecule has 0 heterocycles. The maximum absolute atomic E-state index is 13.2. The lowest BCUT2D eigenvalue weighted by Gasteiger charge is -2.15. The van der Waals surface area contributed by atoms with Crippen LogP contribution in [0.3, 0.4) is 0 Å². The second kappa shape index (κ2) is 5.70. The highest BCUT2D eigenvalue weighted by Gasteiger charge is 2.17. The Balaban J connectivity index is 2.50. The largest absolute Gasteiger partial charge is 0.384 e. The van der Waals surface area contributed by atoms with Gasteiger partial charge in [-0.2, -0.15) is 0 Å². The first kappa shape index (κ1) is 14.0. The van der Waals surface area contributed by atoms with Crippen LogP contribution in [0.2, 0.25) is 5.02 Å². The van der Waals surface area contributed by atoms with Crippen molar-refractivity contribution in [3.63, 3.8) is 0 Å². The normalized spacial score (nSPS) is 12.5. The molecule has 0 bridgehead atoms. The SMILES string of the molecule is OC(c1cc(F)ccc1Cl)c1cc(Br)ccc1Br. The Kier molecular flexibility index (Phi) is 4.43. The third kappa shape index (κ3) is 2.94. The molecule has 1 N–H and O–H groups in total. The van der Waals surface area contributed by atoms with E-state index in [4.69, 9.17) is 11.6 Å². The first-order valence-corrected chi connectivity index (χ1v) is 7.03. The standard InChI is InChI=1S/C13H8Br2ClFO/c14-7-1-3-11(15)9(5-7)13(18)10-6-8(17)2-4-12(10)16/h1-6,13,18H. The van der Waals surface area contributed by atoms with E-state index < -0.39 is 11.9 Å². The van der Waals surface area contributed by atoms with E-state index in [2.05, 4.69) is 31.9 Å². The molecule has 5 heteroatoms. The lowest BCUT2D eigenvalue weighted by Crippen LogP contribution is -2.02. The monoisotopic (exact) mass is 392 g/mol. The Bertz CT molecular complexity index is 538. The Hall–Kier alpha value is -0.420. The van der Waals surface area contributed by atoms with Crippen LogP contribution in [0.5, 0.6) is 0 Å². The van der Waals surface area contributed by atoms with Gasteiger partial charge in [0.15, 0.2) is 0 Å². The Morgan fingerprint density at radius 1 is 1.06 bits per heavy atom. The second-order valence-electron chi connectivity index (χ2n) is 3.73. The molecule has 1 nitrogen and oxygen atoms in total. The smallest absolute Gasteiger partial charge is 0.123 e. The Morgan fingerprint density at radius 2 is 1.78 bits per heavy atom. The summed E-state index contributed by atoms with van der Waals surface area (Å²) in [4.78, 5) is 0. The van der Waals surface area contributed by atoms with Crippen LogP contribution >= 0.6 is 43.5 Å². The Labute approximate surface area is 126 Å². The van der Waals surface area contributed by atoms with E-state index in [0.717, 1.165) is 8.95 Å². The van der Waals surface area contributed by atoms with Crippen LogP contribution in [0.15, 0.2) is 45.3 Å². The van der Waals surface area contributed by atoms with Crippen LogP contribution in [0.4, 0.5) is 4.39 Å². The number of halogens is 4. The van der Waals surface area contributed by atoms with Gasteiger partial charge < -0.3 is 5.11 Å². The van der Waals surface area contributed by atoms with Gasteiger partial charge in [-0.15, -0.1) is 0 Å². The molecule has 0 aliphatic rings. The van der Waals surface area contributed by atoms with E-state index in [9.17, 15) is 9.50 Å². The van der Waals surface area contributed by atoms with Crippen LogP contribution in [-0.4, -0.2) is 5.11 Å². The fourth-order valence-corrected chi connectivity index (χ4v) is 2.68. The minimum absolute atomic E-state index is 0.329. The Morgan fingerprint density at radius 3 is 2.50 bits per heavy atom. The molecule has 1 unspecified atom stereocenters. The molecule has 0 saturated heterocycles. The third-order valence-corrected chi connectivity index (χ3v) is 4.06. The van der Waals surface area contributed by atoms with Gasteiger partial charge >= 0.3 is 0 Å². The summed E-state index contributed by atoms with van der Waals surface area (Å²) in [6.07, 6.45) is -0.986. The maximum Gasteiger partial charge on any atom is 0.123 e. The van der Waals surface area contributed by atoms with Crippen LogP contribution in [0, 0.1) is 5.82 Å². The molecule has 0 fully saturated rings. The highest BCUT2D eigenvalue weighted by Crippen LogP contribution is 2.34. The highest BCUT2D eigenvalue weighted by atomic mass is 79.9. The molecule has 0 saturated carbocycles. The lowest BCUT2D eigenvalue weighted by atomic mass is 10.0. The van der Waals surface area contributed by atoms with E-state index in [1.807, 2.05) is 6.07 Å². The summed E-state index contributed by atoms with van der Waals surface area (Å²) in [5, 5.41) is 10.6. The molecule has 0 spiro atoms. The number of aliphatic hydroxyl groups is 1. The molecule has 1 atom stereocenters. The summed E-state index contributed by atoms with van der Waals surface area (Å²) < 4.78 is 14.8. The zero-order valence-electron chi connectivity index (χ0n) is 9.00. The first-order valence-electron chi connectivity index (χ1n) is 5.07. The fourth-order valence-electron chi connectivity index (χ4n) is 1.62. The van der Waals surface area contributed by atoms with Crippen LogP contribution < -0.4 is 0 Å². The van der Waals surface area contributed by atoms with E-state index in [0.29, 0.717) is 16.1 Å². The molecular weight excluding hydrogens is 386 g/mol. The van der Waals surface area contributed by atoms with Gasteiger partial charge in [0, 0.05) is 25.1 Å². The van der Waals surface area contributed by atoms with Gasteiger partial charge in [-0.25, -0.2) is 4.39 Å². The summed E-state index contributed by atoms with van der Waals surface area (Å²) in [6.45, 7) is 0. The summed E-state index contributed by atoms with van der Waals surface area (Å²) in [5.41, 5.74) is 0.965. The van der Waals surface area contributed by atoms with Crippen LogP contribution in [-0.2, 0) is 0 Å². The molecule has 2 aromatic carbocycles. The molecule has 94 valence electrons. The van der Waals surface area contributed by atoms with Gasteiger partial charge in [-0.1, -0.05) is 43.5 Å². The van der Waals surface area contributed by atoms with Crippen molar-refractivity contribution in [2.45, 2.75) is 6.10 Å². The topological polar surface area (TPSA) is 20.2 Å². The highest BCUT2D eigenvalue weighted by molar-refractivity contribution is 9.11. The minimum Gasteiger partial charge on any atom is -0.384 e. The molecule has 0 amide bonds. The van der Waals surface area contributed by atoms with Crippen molar-refractivity contribution in [3.8, 4) is 0 Å². The molecular formula is C13H8Br2ClFO. The first-order chi connectivity index (χ1) is 8.49. The van der Waals surface area contributed by atoms with Crippen molar-refractivity contribution in [2.75, 3.05) is 0 Å². The van der Waals surface area contributed by atoms with Gasteiger partial charge in [-0.05, 0) is 36.4 Å². The molecule has 0 aromatic heterocycles. The number of benzene rings is 2. The summed E-state index contributed by atoms with van der Waals surface area (Å²) in [7, 11) is 0. The quantitative estimate of drug-likeness (QED) is 0.753.